The molecule has 0 fully saturated rings. The van der Waals surface area contributed by atoms with Crippen molar-refractivity contribution in [2.45, 2.75) is 18.7 Å². The number of nitrogens with zero attached hydrogens (tertiary/aromatic N) is 2. The lowest BCUT2D eigenvalue weighted by Gasteiger charge is -2.20. The van der Waals surface area contributed by atoms with E-state index in [9.17, 15) is 13.2 Å². The smallest absolute Gasteiger partial charge is 0.243 e. The second-order valence-electron chi connectivity index (χ2n) is 6.63. The van der Waals surface area contributed by atoms with Crippen LogP contribution < -0.4 is 10.1 Å². The summed E-state index contributed by atoms with van der Waals surface area (Å²) in [5, 5.41) is 2.75. The van der Waals surface area contributed by atoms with E-state index in [4.69, 9.17) is 4.74 Å². The maximum atomic E-state index is 12.7. The molecular weight excluding hydrogens is 470 g/mol. The monoisotopic (exact) mass is 497 g/mol. The van der Waals surface area contributed by atoms with Crippen molar-refractivity contribution in [3.63, 3.8) is 0 Å². The molecule has 1 N–H and O–H groups in total. The molecule has 30 heavy (non-hydrogen) atoms. The van der Waals surface area contributed by atoms with Crippen LogP contribution in [0.25, 0.3) is 0 Å². The van der Waals surface area contributed by atoms with Gasteiger partial charge in [0, 0.05) is 18.1 Å². The van der Waals surface area contributed by atoms with Gasteiger partial charge in [-0.2, -0.15) is 4.31 Å². The number of amides is 1. The number of likely N-dealkylation sites (N-methyl/N-ethyl adjacent to an activating group) is 2. The maximum absolute atomic E-state index is 12.7. The normalized spacial score (nSPS) is 11.7. The van der Waals surface area contributed by atoms with E-state index in [0.29, 0.717) is 18.0 Å². The average Bonchev–Trinajstić information content (AvgIpc) is 2.72. The minimum absolute atomic E-state index is 0.126. The van der Waals surface area contributed by atoms with Crippen LogP contribution in [0.1, 0.15) is 13.8 Å². The Morgan fingerprint density at radius 3 is 2.33 bits per heavy atom. The highest BCUT2D eigenvalue weighted by molar-refractivity contribution is 9.10. The van der Waals surface area contributed by atoms with Gasteiger partial charge in [0.25, 0.3) is 0 Å². The van der Waals surface area contributed by atoms with Crippen molar-refractivity contribution in [3.8, 4) is 5.75 Å². The summed E-state index contributed by atoms with van der Waals surface area (Å²) in [4.78, 5) is 14.9. The number of sulfonamides is 1. The predicted molar refractivity (Wildman–Crippen MR) is 122 cm³/mol. The third-order valence-electron chi connectivity index (χ3n) is 4.61. The van der Waals surface area contributed by atoms with Crippen molar-refractivity contribution < 1.29 is 17.9 Å². The quantitative estimate of drug-likeness (QED) is 0.514. The first-order chi connectivity index (χ1) is 14.3. The van der Waals surface area contributed by atoms with E-state index >= 15 is 0 Å². The van der Waals surface area contributed by atoms with Gasteiger partial charge in [0.05, 0.1) is 17.1 Å². The zero-order chi connectivity index (χ0) is 22.1. The fourth-order valence-corrected chi connectivity index (χ4v) is 4.18. The predicted octanol–water partition coefficient (Wildman–Crippen LogP) is 3.43. The van der Waals surface area contributed by atoms with Crippen LogP contribution in [0.15, 0.2) is 57.9 Å². The zero-order valence-corrected chi connectivity index (χ0v) is 19.9. The van der Waals surface area contributed by atoms with E-state index in [1.54, 1.807) is 30.3 Å². The summed E-state index contributed by atoms with van der Waals surface area (Å²) in [5.74, 6) is 0.106. The molecule has 2 aromatic carbocycles. The largest absolute Gasteiger partial charge is 0.490 e. The number of rotatable bonds is 11. The Morgan fingerprint density at radius 1 is 1.07 bits per heavy atom. The molecule has 0 atom stereocenters. The fraction of sp³-hybridized carbons (Fsp3) is 0.381. The average molecular weight is 498 g/mol. The summed E-state index contributed by atoms with van der Waals surface area (Å²) >= 11 is 3.28. The van der Waals surface area contributed by atoms with E-state index in [1.807, 2.05) is 6.07 Å². The molecule has 0 saturated carbocycles. The summed E-state index contributed by atoms with van der Waals surface area (Å²) in [6.45, 7) is 7.03. The molecule has 0 aliphatic rings. The van der Waals surface area contributed by atoms with Crippen molar-refractivity contribution in [3.05, 3.63) is 53.0 Å². The van der Waals surface area contributed by atoms with E-state index in [-0.39, 0.29) is 11.4 Å². The van der Waals surface area contributed by atoms with Gasteiger partial charge >= 0.3 is 0 Å². The van der Waals surface area contributed by atoms with Crippen LogP contribution in [0.3, 0.4) is 0 Å². The van der Waals surface area contributed by atoms with Gasteiger partial charge in [-0.05, 0) is 49.5 Å². The molecule has 1 amide bonds. The van der Waals surface area contributed by atoms with Gasteiger partial charge in [-0.25, -0.2) is 8.42 Å². The molecule has 0 heterocycles. The van der Waals surface area contributed by atoms with E-state index < -0.39 is 15.9 Å². The van der Waals surface area contributed by atoms with Crippen LogP contribution in [0.4, 0.5) is 5.69 Å². The lowest BCUT2D eigenvalue weighted by molar-refractivity contribution is -0.116. The Morgan fingerprint density at radius 2 is 1.70 bits per heavy atom. The Labute approximate surface area is 187 Å². The Balaban J connectivity index is 2.00. The lowest BCUT2D eigenvalue weighted by Crippen LogP contribution is -2.35. The summed E-state index contributed by atoms with van der Waals surface area (Å²) < 4.78 is 33.0. The highest BCUT2D eigenvalue weighted by Gasteiger charge is 2.23. The molecule has 2 aromatic rings. The number of hydrogen-bond donors (Lipinski definition) is 1. The minimum Gasteiger partial charge on any atom is -0.490 e. The van der Waals surface area contributed by atoms with E-state index in [0.717, 1.165) is 28.4 Å². The number of nitrogens with one attached hydrogen (secondary N) is 1. The molecule has 0 aliphatic heterocycles. The highest BCUT2D eigenvalue weighted by Crippen LogP contribution is 2.24. The van der Waals surface area contributed by atoms with Crippen LogP contribution in [-0.4, -0.2) is 63.4 Å². The summed E-state index contributed by atoms with van der Waals surface area (Å²) in [6, 6.07) is 13.4. The second-order valence-corrected chi connectivity index (χ2v) is 9.60. The molecule has 0 bridgehead atoms. The number of halogens is 1. The third-order valence-corrected chi connectivity index (χ3v) is 6.96. The van der Waals surface area contributed by atoms with E-state index in [2.05, 4.69) is 40.0 Å². The van der Waals surface area contributed by atoms with Crippen LogP contribution in [0, 0.1) is 0 Å². The molecule has 0 aliphatic carbocycles. The molecular formula is C21H28BrN3O4S. The molecule has 0 spiro atoms. The number of benzene rings is 2. The van der Waals surface area contributed by atoms with Gasteiger partial charge in [0.15, 0.2) is 0 Å². The molecule has 0 radical (unpaired) electrons. The molecule has 7 nitrogen and oxygen atoms in total. The summed E-state index contributed by atoms with van der Waals surface area (Å²) in [7, 11) is -2.39. The van der Waals surface area contributed by atoms with Crippen LogP contribution in [0.5, 0.6) is 5.75 Å². The van der Waals surface area contributed by atoms with Crippen molar-refractivity contribution in [1.29, 1.82) is 0 Å². The molecule has 9 heteroatoms. The first-order valence-corrected chi connectivity index (χ1v) is 12.0. The Hall–Kier alpha value is -1.94. The fourth-order valence-electron chi connectivity index (χ4n) is 2.78. The van der Waals surface area contributed by atoms with Gasteiger partial charge in [0.2, 0.25) is 15.9 Å². The number of anilines is 1. The number of para-hydroxylation sites is 2. The molecule has 0 aromatic heterocycles. The van der Waals surface area contributed by atoms with E-state index in [1.165, 1.54) is 19.2 Å². The topological polar surface area (TPSA) is 79.0 Å². The van der Waals surface area contributed by atoms with Gasteiger partial charge < -0.3 is 15.0 Å². The summed E-state index contributed by atoms with van der Waals surface area (Å²) in [6.07, 6.45) is 0. The maximum Gasteiger partial charge on any atom is 0.243 e. The number of ether oxygens (including phenoxy) is 1. The van der Waals surface area contributed by atoms with Crippen molar-refractivity contribution in [2.75, 3.05) is 45.2 Å². The molecule has 0 saturated heterocycles. The van der Waals surface area contributed by atoms with Gasteiger partial charge in [-0.1, -0.05) is 41.9 Å². The Bertz CT molecular complexity index is 932. The van der Waals surface area contributed by atoms with Crippen LogP contribution >= 0.6 is 15.9 Å². The SMILES string of the molecule is CCN(CC)CCOc1ccccc1NC(=O)CN(C)S(=O)(=O)c1ccc(Br)cc1. The Kier molecular flexibility index (Phi) is 9.29. The number of carbonyl (C=O) groups excluding carboxylic acids is 1. The molecule has 0 unspecified atom stereocenters. The number of carbonyl (C=O) groups is 1. The van der Waals surface area contributed by atoms with Crippen molar-refractivity contribution >= 4 is 37.5 Å². The second kappa shape index (κ2) is 11.5. The summed E-state index contributed by atoms with van der Waals surface area (Å²) in [5.41, 5.74) is 0.511. The number of hydrogen-bond acceptors (Lipinski definition) is 5. The first-order valence-electron chi connectivity index (χ1n) is 9.73. The molecule has 164 valence electrons. The standard InChI is InChI=1S/C21H28BrN3O4S/c1-4-25(5-2)14-15-29-20-9-7-6-8-19(20)23-21(26)16-24(3)30(27,28)18-12-10-17(22)11-13-18/h6-13H,4-5,14-16H2,1-3H3,(H,23,26). The molecule has 2 rings (SSSR count). The minimum atomic E-state index is -3.77. The van der Waals surface area contributed by atoms with Gasteiger partial charge in [0.1, 0.15) is 12.4 Å². The van der Waals surface area contributed by atoms with Crippen molar-refractivity contribution in [2.24, 2.45) is 0 Å². The third kappa shape index (κ3) is 6.80. The van der Waals surface area contributed by atoms with Crippen molar-refractivity contribution in [1.82, 2.24) is 9.21 Å². The van der Waals surface area contributed by atoms with Crippen LogP contribution in [0.2, 0.25) is 0 Å². The van der Waals surface area contributed by atoms with Crippen LogP contribution in [-0.2, 0) is 14.8 Å². The first kappa shape index (κ1) is 24.3. The van der Waals surface area contributed by atoms with Gasteiger partial charge in [-0.15, -0.1) is 0 Å². The highest BCUT2D eigenvalue weighted by atomic mass is 79.9. The van der Waals surface area contributed by atoms with Gasteiger partial charge in [-0.3, -0.25) is 4.79 Å². The zero-order valence-electron chi connectivity index (χ0n) is 17.5. The lowest BCUT2D eigenvalue weighted by atomic mass is 10.3.